The molecule has 2 aromatic rings. The average molecular weight is 505 g/mol. The molecular formula is C29H40N6O2. The Hall–Kier alpha value is -3.81. The molecule has 198 valence electrons. The molecule has 0 bridgehead atoms. The molecular weight excluding hydrogens is 464 g/mol. The molecule has 0 radical (unpaired) electrons. The van der Waals surface area contributed by atoms with Gasteiger partial charge in [-0.05, 0) is 70.2 Å². The lowest BCUT2D eigenvalue weighted by molar-refractivity contribution is -0.136. The van der Waals surface area contributed by atoms with E-state index in [-0.39, 0.29) is 17.9 Å². The first-order chi connectivity index (χ1) is 17.7. The molecule has 2 atom stereocenters. The highest BCUT2D eigenvalue weighted by atomic mass is 16.2. The van der Waals surface area contributed by atoms with Crippen LogP contribution in [0.3, 0.4) is 0 Å². The first-order valence-electron chi connectivity index (χ1n) is 12.8. The first-order valence-corrected chi connectivity index (χ1v) is 12.8. The second kappa shape index (κ2) is 14.1. The Bertz CT molecular complexity index is 1160. The second-order valence-electron chi connectivity index (χ2n) is 9.02. The van der Waals surface area contributed by atoms with Crippen molar-refractivity contribution in [3.63, 3.8) is 0 Å². The molecule has 8 nitrogen and oxygen atoms in total. The summed E-state index contributed by atoms with van der Waals surface area (Å²) in [6.07, 6.45) is 4.63. The zero-order valence-electron chi connectivity index (χ0n) is 23.1. The lowest BCUT2D eigenvalue weighted by Crippen LogP contribution is -2.47. The van der Waals surface area contributed by atoms with Crippen molar-refractivity contribution in [1.82, 2.24) is 15.2 Å². The predicted molar refractivity (Wildman–Crippen MR) is 151 cm³/mol. The van der Waals surface area contributed by atoms with Crippen LogP contribution < -0.4 is 11.2 Å². The highest BCUT2D eigenvalue weighted by Crippen LogP contribution is 2.25. The van der Waals surface area contributed by atoms with Crippen LogP contribution in [0.2, 0.25) is 0 Å². The van der Waals surface area contributed by atoms with Gasteiger partial charge in [0.05, 0.1) is 18.0 Å². The molecule has 0 aliphatic carbocycles. The van der Waals surface area contributed by atoms with Gasteiger partial charge in [0.1, 0.15) is 11.7 Å². The van der Waals surface area contributed by atoms with E-state index in [9.17, 15) is 9.59 Å². The van der Waals surface area contributed by atoms with E-state index < -0.39 is 6.04 Å². The van der Waals surface area contributed by atoms with E-state index in [1.165, 1.54) is 6.21 Å². The van der Waals surface area contributed by atoms with Crippen LogP contribution in [-0.2, 0) is 9.59 Å². The number of aromatic nitrogens is 1. The van der Waals surface area contributed by atoms with Crippen molar-refractivity contribution in [3.8, 4) is 11.1 Å². The third-order valence-electron chi connectivity index (χ3n) is 6.16. The molecule has 0 saturated carbocycles. The van der Waals surface area contributed by atoms with Gasteiger partial charge in [-0.3, -0.25) is 14.6 Å². The van der Waals surface area contributed by atoms with Crippen LogP contribution >= 0.6 is 0 Å². The Balaban J connectivity index is 0.00000235. The SMILES string of the molecule is CC.CC(C)=C(N=C/C(C)=N\N)C(=O)N1CCCC1C(=O)NC(C)c1ccc(-c2cccnc2C)cc1. The Kier molecular flexibility index (Phi) is 11.2. The maximum Gasteiger partial charge on any atom is 0.273 e. The fourth-order valence-electron chi connectivity index (χ4n) is 4.14. The van der Waals surface area contributed by atoms with Crippen molar-refractivity contribution in [1.29, 1.82) is 0 Å². The summed E-state index contributed by atoms with van der Waals surface area (Å²) in [5.74, 6) is 4.85. The molecule has 1 aromatic carbocycles. The number of pyridine rings is 1. The predicted octanol–water partition coefficient (Wildman–Crippen LogP) is 4.95. The van der Waals surface area contributed by atoms with Crippen LogP contribution in [0.15, 0.2) is 64.0 Å². The van der Waals surface area contributed by atoms with Crippen LogP contribution in [0.5, 0.6) is 0 Å². The summed E-state index contributed by atoms with van der Waals surface area (Å²) >= 11 is 0. The zero-order valence-corrected chi connectivity index (χ0v) is 23.1. The van der Waals surface area contributed by atoms with E-state index in [1.54, 1.807) is 18.0 Å². The Morgan fingerprint density at radius 3 is 2.43 bits per heavy atom. The number of nitrogens with one attached hydrogen (secondary N) is 1. The molecule has 1 aliphatic rings. The van der Waals surface area contributed by atoms with E-state index in [0.29, 0.717) is 24.4 Å². The van der Waals surface area contributed by atoms with Crippen LogP contribution in [0.25, 0.3) is 11.1 Å². The second-order valence-corrected chi connectivity index (χ2v) is 9.02. The quantitative estimate of drug-likeness (QED) is 0.240. The summed E-state index contributed by atoms with van der Waals surface area (Å²) in [5, 5.41) is 6.65. The van der Waals surface area contributed by atoms with Gasteiger partial charge in [-0.15, -0.1) is 0 Å². The normalized spacial score (nSPS) is 16.1. The Labute approximate surface area is 220 Å². The molecule has 0 spiro atoms. The number of nitrogens with zero attached hydrogens (tertiary/aromatic N) is 4. The molecule has 2 amide bonds. The standard InChI is InChI=1S/C27H34N6O2.C2H6/c1-17(2)25(30-16-18(3)32-28)27(35)33-15-7-9-24(33)26(34)31-19(4)21-10-12-22(13-11-21)23-8-6-14-29-20(23)5;1-2/h6,8,10-14,16,19,24H,7,9,15,28H2,1-5H3,(H,31,34);1-2H3/b30-16?,32-18-;. The summed E-state index contributed by atoms with van der Waals surface area (Å²) in [5.41, 5.74) is 5.70. The summed E-state index contributed by atoms with van der Waals surface area (Å²) in [7, 11) is 0. The number of amides is 2. The van der Waals surface area contributed by atoms with Gasteiger partial charge < -0.3 is 16.1 Å². The highest BCUT2D eigenvalue weighted by Gasteiger charge is 2.36. The van der Waals surface area contributed by atoms with Gasteiger partial charge in [0.15, 0.2) is 0 Å². The summed E-state index contributed by atoms with van der Waals surface area (Å²) in [6, 6.07) is 11.3. The van der Waals surface area contributed by atoms with Crippen molar-refractivity contribution in [3.05, 3.63) is 65.1 Å². The number of nitrogens with two attached hydrogens (primary N) is 1. The number of allylic oxidation sites excluding steroid dienone is 1. The lowest BCUT2D eigenvalue weighted by Gasteiger charge is -2.26. The molecule has 3 rings (SSSR count). The van der Waals surface area contributed by atoms with Crippen LogP contribution in [0.4, 0.5) is 0 Å². The first kappa shape index (κ1) is 29.4. The van der Waals surface area contributed by atoms with E-state index in [4.69, 9.17) is 5.84 Å². The number of hydrogen-bond acceptors (Lipinski definition) is 6. The number of aliphatic imine (C=N–C) groups is 1. The maximum atomic E-state index is 13.3. The van der Waals surface area contributed by atoms with Gasteiger partial charge in [0.2, 0.25) is 5.91 Å². The van der Waals surface area contributed by atoms with Crippen molar-refractivity contribution in [2.75, 3.05) is 6.54 Å². The molecule has 1 fully saturated rings. The van der Waals surface area contributed by atoms with Crippen molar-refractivity contribution in [2.24, 2.45) is 15.9 Å². The van der Waals surface area contributed by atoms with E-state index in [1.807, 2.05) is 77.9 Å². The van der Waals surface area contributed by atoms with Gasteiger partial charge in [0.25, 0.3) is 5.91 Å². The van der Waals surface area contributed by atoms with Gasteiger partial charge in [-0.2, -0.15) is 5.10 Å². The molecule has 3 N–H and O–H groups in total. The number of hydrogen-bond donors (Lipinski definition) is 2. The summed E-state index contributed by atoms with van der Waals surface area (Å²) in [6.45, 7) is 13.8. The minimum absolute atomic E-state index is 0.160. The molecule has 2 unspecified atom stereocenters. The van der Waals surface area contributed by atoms with E-state index in [2.05, 4.69) is 20.4 Å². The topological polar surface area (TPSA) is 113 Å². The fourth-order valence-corrected chi connectivity index (χ4v) is 4.14. The third-order valence-corrected chi connectivity index (χ3v) is 6.16. The number of hydrazone groups is 1. The van der Waals surface area contributed by atoms with Crippen molar-refractivity contribution in [2.45, 2.75) is 73.4 Å². The van der Waals surface area contributed by atoms with Crippen molar-refractivity contribution >= 4 is 23.7 Å². The zero-order chi connectivity index (χ0) is 27.5. The summed E-state index contributed by atoms with van der Waals surface area (Å²) < 4.78 is 0. The average Bonchev–Trinajstić information content (AvgIpc) is 3.40. The molecule has 1 aliphatic heterocycles. The van der Waals surface area contributed by atoms with E-state index in [0.717, 1.165) is 34.4 Å². The number of aryl methyl sites for hydroxylation is 1. The lowest BCUT2D eigenvalue weighted by atomic mass is 10.0. The third kappa shape index (κ3) is 7.59. The van der Waals surface area contributed by atoms with Gasteiger partial charge >= 0.3 is 0 Å². The number of carbonyl (C=O) groups excluding carboxylic acids is 2. The fraction of sp³-hybridized carbons (Fsp3) is 0.414. The van der Waals surface area contributed by atoms with Crippen molar-refractivity contribution < 1.29 is 9.59 Å². The number of likely N-dealkylation sites (tertiary alicyclic amines) is 1. The molecule has 1 aromatic heterocycles. The monoisotopic (exact) mass is 504 g/mol. The van der Waals surface area contributed by atoms with Gasteiger partial charge in [0, 0.05) is 24.0 Å². The maximum absolute atomic E-state index is 13.3. The molecule has 1 saturated heterocycles. The number of carbonyl (C=O) groups is 2. The summed E-state index contributed by atoms with van der Waals surface area (Å²) in [4.78, 5) is 36.7. The Morgan fingerprint density at radius 1 is 1.16 bits per heavy atom. The van der Waals surface area contributed by atoms with E-state index >= 15 is 0 Å². The van der Waals surface area contributed by atoms with Gasteiger partial charge in [-0.1, -0.05) is 44.2 Å². The smallest absolute Gasteiger partial charge is 0.273 e. The van der Waals surface area contributed by atoms with Gasteiger partial charge in [-0.25, -0.2) is 4.99 Å². The number of rotatable bonds is 7. The minimum Gasteiger partial charge on any atom is -0.348 e. The van der Waals surface area contributed by atoms with Crippen LogP contribution in [-0.4, -0.2) is 46.2 Å². The molecule has 8 heteroatoms. The van der Waals surface area contributed by atoms with Crippen LogP contribution in [0.1, 0.15) is 71.7 Å². The minimum atomic E-state index is -0.531. The van der Waals surface area contributed by atoms with Crippen LogP contribution in [0, 0.1) is 6.92 Å². The molecule has 2 heterocycles. The highest BCUT2D eigenvalue weighted by molar-refractivity contribution is 6.30. The Morgan fingerprint density at radius 2 is 1.84 bits per heavy atom. The largest absolute Gasteiger partial charge is 0.348 e. The molecule has 37 heavy (non-hydrogen) atoms. The number of benzene rings is 1.